The second kappa shape index (κ2) is 9.38. The van der Waals surface area contributed by atoms with E-state index in [1.165, 1.54) is 16.0 Å². The number of fused-ring (bicyclic) bond motifs is 1. The topological polar surface area (TPSA) is 116 Å². The van der Waals surface area contributed by atoms with Crippen molar-refractivity contribution in [1.82, 2.24) is 9.78 Å². The lowest BCUT2D eigenvalue weighted by atomic mass is 9.95. The molecule has 0 aromatic carbocycles. The summed E-state index contributed by atoms with van der Waals surface area (Å²) in [6, 6.07) is 0. The van der Waals surface area contributed by atoms with Crippen molar-refractivity contribution in [2.45, 2.75) is 65.8 Å². The summed E-state index contributed by atoms with van der Waals surface area (Å²) in [5.41, 5.74) is 2.20. The van der Waals surface area contributed by atoms with Crippen molar-refractivity contribution in [2.24, 2.45) is 0 Å². The zero-order valence-corrected chi connectivity index (χ0v) is 18.3. The summed E-state index contributed by atoms with van der Waals surface area (Å²) in [6.45, 7) is 5.68. The quantitative estimate of drug-likeness (QED) is 0.382. The van der Waals surface area contributed by atoms with Gasteiger partial charge >= 0.3 is 11.7 Å². The van der Waals surface area contributed by atoms with Gasteiger partial charge in [0, 0.05) is 11.3 Å². The molecular formula is C20H26N4O5S. The predicted octanol–water partition coefficient (Wildman–Crippen LogP) is 3.94. The lowest BCUT2D eigenvalue weighted by Gasteiger charge is -2.12. The van der Waals surface area contributed by atoms with Crippen molar-refractivity contribution < 1.29 is 19.2 Å². The van der Waals surface area contributed by atoms with Crippen LogP contribution in [0.1, 0.15) is 64.8 Å². The van der Waals surface area contributed by atoms with E-state index in [0.717, 1.165) is 42.5 Å². The van der Waals surface area contributed by atoms with Gasteiger partial charge in [-0.05, 0) is 51.5 Å². The summed E-state index contributed by atoms with van der Waals surface area (Å²) in [4.78, 5) is 37.0. The Morgan fingerprint density at radius 1 is 1.30 bits per heavy atom. The fraction of sp³-hybridized carbons (Fsp3) is 0.550. The molecule has 2 heterocycles. The van der Waals surface area contributed by atoms with Crippen LogP contribution < -0.4 is 5.32 Å². The smallest absolute Gasteiger partial charge is 0.341 e. The summed E-state index contributed by atoms with van der Waals surface area (Å²) in [6.07, 6.45) is 4.62. The van der Waals surface area contributed by atoms with Crippen molar-refractivity contribution in [3.63, 3.8) is 0 Å². The van der Waals surface area contributed by atoms with Crippen molar-refractivity contribution in [2.75, 3.05) is 11.9 Å². The first kappa shape index (κ1) is 21.9. The van der Waals surface area contributed by atoms with E-state index in [-0.39, 0.29) is 30.5 Å². The number of ether oxygens (including phenoxy) is 1. The Balaban J connectivity index is 1.74. The van der Waals surface area contributed by atoms with Gasteiger partial charge in [0.2, 0.25) is 5.91 Å². The first-order valence-corrected chi connectivity index (χ1v) is 10.9. The minimum absolute atomic E-state index is 0.0257. The number of amides is 1. The number of aromatic nitrogens is 2. The Morgan fingerprint density at radius 3 is 2.70 bits per heavy atom. The molecule has 30 heavy (non-hydrogen) atoms. The predicted molar refractivity (Wildman–Crippen MR) is 113 cm³/mol. The van der Waals surface area contributed by atoms with E-state index < -0.39 is 4.92 Å². The Bertz CT molecular complexity index is 978. The fourth-order valence-electron chi connectivity index (χ4n) is 3.70. The van der Waals surface area contributed by atoms with E-state index in [0.29, 0.717) is 28.6 Å². The molecule has 0 saturated heterocycles. The third-order valence-corrected chi connectivity index (χ3v) is 6.35. The normalized spacial score (nSPS) is 13.0. The third-order valence-electron chi connectivity index (χ3n) is 5.14. The molecule has 1 aliphatic rings. The Kier molecular flexibility index (Phi) is 6.86. The van der Waals surface area contributed by atoms with E-state index >= 15 is 0 Å². The standard InChI is InChI=1S/C20H26N4O5S/c1-4-11-29-20(26)17-14-7-5-6-8-15(14)30-19(17)21-16(25)9-10-23-13(3)18(24(27)28)12(2)22-23/h4-11H2,1-3H3,(H,21,25). The number of anilines is 1. The number of nitrogens with one attached hydrogen (secondary N) is 1. The van der Waals surface area contributed by atoms with Gasteiger partial charge in [-0.15, -0.1) is 11.3 Å². The van der Waals surface area contributed by atoms with Gasteiger partial charge in [-0.1, -0.05) is 6.92 Å². The highest BCUT2D eigenvalue weighted by Crippen LogP contribution is 2.38. The van der Waals surface area contributed by atoms with Crippen LogP contribution >= 0.6 is 11.3 Å². The molecule has 0 spiro atoms. The molecule has 0 atom stereocenters. The summed E-state index contributed by atoms with van der Waals surface area (Å²) >= 11 is 1.44. The van der Waals surface area contributed by atoms with Gasteiger partial charge in [0.15, 0.2) is 0 Å². The van der Waals surface area contributed by atoms with Crippen molar-refractivity contribution in [1.29, 1.82) is 0 Å². The molecule has 9 nitrogen and oxygen atoms in total. The molecule has 0 unspecified atom stereocenters. The average Bonchev–Trinajstić information content (AvgIpc) is 3.20. The maximum absolute atomic E-state index is 12.6. The molecule has 1 amide bonds. The summed E-state index contributed by atoms with van der Waals surface area (Å²) in [5.74, 6) is -0.658. The van der Waals surface area contributed by atoms with Crippen LogP contribution in [0, 0.1) is 24.0 Å². The van der Waals surface area contributed by atoms with Gasteiger partial charge in [0.05, 0.1) is 23.6 Å². The molecule has 1 N–H and O–H groups in total. The molecule has 2 aromatic heterocycles. The number of esters is 1. The van der Waals surface area contributed by atoms with E-state index in [2.05, 4.69) is 10.4 Å². The summed E-state index contributed by atoms with van der Waals surface area (Å²) < 4.78 is 6.82. The van der Waals surface area contributed by atoms with Crippen LogP contribution in [0.4, 0.5) is 10.7 Å². The average molecular weight is 435 g/mol. The number of thiophene rings is 1. The van der Waals surface area contributed by atoms with Gasteiger partial charge in [0.25, 0.3) is 0 Å². The first-order chi connectivity index (χ1) is 14.3. The zero-order chi connectivity index (χ0) is 21.8. The Morgan fingerprint density at radius 2 is 2.03 bits per heavy atom. The largest absolute Gasteiger partial charge is 0.462 e. The minimum Gasteiger partial charge on any atom is -0.462 e. The van der Waals surface area contributed by atoms with Crippen LogP contribution in [0.5, 0.6) is 0 Å². The van der Waals surface area contributed by atoms with Crippen molar-refractivity contribution >= 4 is 33.9 Å². The highest BCUT2D eigenvalue weighted by Gasteiger charge is 2.27. The number of carbonyl (C=O) groups is 2. The number of aryl methyl sites for hydroxylation is 3. The SMILES string of the molecule is CCCOC(=O)c1c(NC(=O)CCn2nc(C)c([N+](=O)[O-])c2C)sc2c1CCCC2. The van der Waals surface area contributed by atoms with Crippen LogP contribution in [0.2, 0.25) is 0 Å². The van der Waals surface area contributed by atoms with E-state index in [4.69, 9.17) is 4.74 Å². The highest BCUT2D eigenvalue weighted by molar-refractivity contribution is 7.17. The maximum atomic E-state index is 12.6. The van der Waals surface area contributed by atoms with E-state index in [9.17, 15) is 19.7 Å². The Labute approximate surface area is 178 Å². The first-order valence-electron chi connectivity index (χ1n) is 10.1. The van der Waals surface area contributed by atoms with E-state index in [1.807, 2.05) is 6.92 Å². The number of hydrogen-bond donors (Lipinski definition) is 1. The number of nitrogens with zero attached hydrogens (tertiary/aromatic N) is 3. The summed E-state index contributed by atoms with van der Waals surface area (Å²) in [7, 11) is 0. The lowest BCUT2D eigenvalue weighted by molar-refractivity contribution is -0.386. The molecule has 162 valence electrons. The number of nitro groups is 1. The second-order valence-electron chi connectivity index (χ2n) is 7.35. The molecule has 0 saturated carbocycles. The molecule has 0 aliphatic heterocycles. The minimum atomic E-state index is -0.460. The van der Waals surface area contributed by atoms with Gasteiger partial charge in [-0.25, -0.2) is 4.79 Å². The van der Waals surface area contributed by atoms with Gasteiger partial charge in [-0.3, -0.25) is 19.6 Å². The number of rotatable bonds is 8. The zero-order valence-electron chi connectivity index (χ0n) is 17.4. The molecule has 10 heteroatoms. The van der Waals surface area contributed by atoms with Crippen LogP contribution in [0.25, 0.3) is 0 Å². The number of carbonyl (C=O) groups excluding carboxylic acids is 2. The number of hydrogen-bond acceptors (Lipinski definition) is 7. The Hall–Kier alpha value is -2.75. The molecule has 1 aliphatic carbocycles. The lowest BCUT2D eigenvalue weighted by Crippen LogP contribution is -2.18. The van der Waals surface area contributed by atoms with E-state index in [1.54, 1.807) is 13.8 Å². The molecule has 0 fully saturated rings. The molecule has 2 aromatic rings. The molecule has 0 bridgehead atoms. The van der Waals surface area contributed by atoms with Crippen molar-refractivity contribution in [3.8, 4) is 0 Å². The fourth-order valence-corrected chi connectivity index (χ4v) is 5.00. The molecule has 3 rings (SSSR count). The highest BCUT2D eigenvalue weighted by atomic mass is 32.1. The second-order valence-corrected chi connectivity index (χ2v) is 8.45. The monoisotopic (exact) mass is 434 g/mol. The van der Waals surface area contributed by atoms with Gasteiger partial charge < -0.3 is 10.1 Å². The van der Waals surface area contributed by atoms with Crippen LogP contribution in [-0.4, -0.2) is 33.2 Å². The van der Waals surface area contributed by atoms with Gasteiger partial charge in [0.1, 0.15) is 16.4 Å². The van der Waals surface area contributed by atoms with Crippen LogP contribution in [-0.2, 0) is 28.9 Å². The molecule has 0 radical (unpaired) electrons. The molecular weight excluding hydrogens is 408 g/mol. The van der Waals surface area contributed by atoms with Crippen LogP contribution in [0.3, 0.4) is 0 Å². The van der Waals surface area contributed by atoms with Gasteiger partial charge in [-0.2, -0.15) is 5.10 Å². The van der Waals surface area contributed by atoms with Crippen LogP contribution in [0.15, 0.2) is 0 Å². The van der Waals surface area contributed by atoms with Crippen molar-refractivity contribution in [3.05, 3.63) is 37.5 Å². The third kappa shape index (κ3) is 4.53. The summed E-state index contributed by atoms with van der Waals surface area (Å²) in [5, 5.41) is 18.7. The maximum Gasteiger partial charge on any atom is 0.341 e.